The Bertz CT molecular complexity index is 834. The number of benzene rings is 2. The molecule has 0 amide bonds. The van der Waals surface area contributed by atoms with Crippen LogP contribution in [0.3, 0.4) is 0 Å². The Morgan fingerprint density at radius 3 is 2.14 bits per heavy atom. The first-order valence-corrected chi connectivity index (χ1v) is 5.93. The lowest BCUT2D eigenvalue weighted by Gasteiger charge is -2.19. The fraction of sp³-hybridized carbons (Fsp3) is 0. The van der Waals surface area contributed by atoms with Gasteiger partial charge in [-0.15, -0.1) is 0 Å². The van der Waals surface area contributed by atoms with E-state index in [2.05, 4.69) is 0 Å². The van der Waals surface area contributed by atoms with Gasteiger partial charge in [0.25, 0.3) is 0 Å². The minimum atomic E-state index is -1.34. The molecule has 0 aliphatic heterocycles. The van der Waals surface area contributed by atoms with Crippen LogP contribution < -0.4 is 0 Å². The molecule has 0 bridgehead atoms. The number of ketones is 2. The fourth-order valence-corrected chi connectivity index (χ4v) is 2.41. The third-order valence-corrected chi connectivity index (χ3v) is 3.35. The van der Waals surface area contributed by atoms with E-state index >= 15 is 0 Å². The van der Waals surface area contributed by atoms with Crippen LogP contribution in [0, 0.1) is 0 Å². The molecule has 0 saturated heterocycles. The predicted molar refractivity (Wildman–Crippen MR) is 70.0 cm³/mol. The van der Waals surface area contributed by atoms with Gasteiger partial charge in [0.15, 0.2) is 11.6 Å². The second-order valence-corrected chi connectivity index (χ2v) is 4.58. The van der Waals surface area contributed by atoms with Crippen molar-refractivity contribution in [2.75, 3.05) is 0 Å². The molecule has 104 valence electrons. The SMILES string of the molecule is O=C(O)c1cc(O)c2c(c1)C(=O)c1c(O)cccc1C2=O. The van der Waals surface area contributed by atoms with Crippen molar-refractivity contribution in [3.8, 4) is 11.5 Å². The number of phenolic OH excluding ortho intramolecular Hbond substituents is 2. The second-order valence-electron chi connectivity index (χ2n) is 4.58. The molecule has 0 heterocycles. The molecule has 2 aromatic carbocycles. The normalized spacial score (nSPS) is 12.8. The van der Waals surface area contributed by atoms with E-state index in [1.807, 2.05) is 0 Å². The van der Waals surface area contributed by atoms with Crippen LogP contribution in [0.1, 0.15) is 42.2 Å². The van der Waals surface area contributed by atoms with Gasteiger partial charge in [-0.2, -0.15) is 0 Å². The summed E-state index contributed by atoms with van der Waals surface area (Å²) in [7, 11) is 0. The minimum Gasteiger partial charge on any atom is -0.507 e. The molecule has 0 radical (unpaired) electrons. The van der Waals surface area contributed by atoms with Crippen LogP contribution >= 0.6 is 0 Å². The van der Waals surface area contributed by atoms with Crippen molar-refractivity contribution >= 4 is 17.5 Å². The zero-order valence-electron chi connectivity index (χ0n) is 10.5. The van der Waals surface area contributed by atoms with Gasteiger partial charge < -0.3 is 15.3 Å². The maximum Gasteiger partial charge on any atom is 0.335 e. The van der Waals surface area contributed by atoms with Crippen molar-refractivity contribution in [1.82, 2.24) is 0 Å². The maximum absolute atomic E-state index is 12.4. The van der Waals surface area contributed by atoms with Crippen LogP contribution in [-0.4, -0.2) is 32.9 Å². The van der Waals surface area contributed by atoms with Crippen molar-refractivity contribution < 1.29 is 29.7 Å². The van der Waals surface area contributed by atoms with E-state index in [1.54, 1.807) is 0 Å². The highest BCUT2D eigenvalue weighted by Crippen LogP contribution is 2.36. The van der Waals surface area contributed by atoms with Crippen LogP contribution in [0.2, 0.25) is 0 Å². The number of carboxylic acid groups (broad SMARTS) is 1. The Labute approximate surface area is 117 Å². The molecule has 6 nitrogen and oxygen atoms in total. The van der Waals surface area contributed by atoms with Crippen molar-refractivity contribution in [3.05, 3.63) is 58.1 Å². The molecule has 1 aliphatic rings. The van der Waals surface area contributed by atoms with E-state index in [0.29, 0.717) is 0 Å². The minimum absolute atomic E-state index is 0.0223. The molecule has 0 aromatic heterocycles. The van der Waals surface area contributed by atoms with Gasteiger partial charge in [0.2, 0.25) is 0 Å². The summed E-state index contributed by atoms with van der Waals surface area (Å²) >= 11 is 0. The summed E-state index contributed by atoms with van der Waals surface area (Å²) < 4.78 is 0. The lowest BCUT2D eigenvalue weighted by molar-refractivity contribution is 0.0696. The van der Waals surface area contributed by atoms with Crippen molar-refractivity contribution in [2.45, 2.75) is 0 Å². The highest BCUT2D eigenvalue weighted by molar-refractivity contribution is 6.30. The summed E-state index contributed by atoms with van der Waals surface area (Å²) in [5.74, 6) is -3.61. The van der Waals surface area contributed by atoms with E-state index < -0.39 is 23.3 Å². The Hall–Kier alpha value is -3.15. The fourth-order valence-electron chi connectivity index (χ4n) is 2.41. The molecule has 21 heavy (non-hydrogen) atoms. The molecule has 0 spiro atoms. The van der Waals surface area contributed by atoms with Crippen LogP contribution in [0.4, 0.5) is 0 Å². The van der Waals surface area contributed by atoms with Crippen LogP contribution in [0.25, 0.3) is 0 Å². The molecule has 0 atom stereocenters. The van der Waals surface area contributed by atoms with E-state index in [0.717, 1.165) is 12.1 Å². The van der Waals surface area contributed by atoms with Crippen molar-refractivity contribution in [3.63, 3.8) is 0 Å². The van der Waals surface area contributed by atoms with Crippen LogP contribution in [0.5, 0.6) is 11.5 Å². The molecular formula is C15H8O6. The van der Waals surface area contributed by atoms with E-state index in [9.17, 15) is 24.6 Å². The van der Waals surface area contributed by atoms with Gasteiger partial charge in [0, 0.05) is 11.1 Å². The highest BCUT2D eigenvalue weighted by atomic mass is 16.4. The first kappa shape index (κ1) is 12.9. The average Bonchev–Trinajstić information content (AvgIpc) is 2.43. The van der Waals surface area contributed by atoms with Gasteiger partial charge in [-0.3, -0.25) is 9.59 Å². The number of hydrogen-bond acceptors (Lipinski definition) is 5. The molecule has 1 aliphatic carbocycles. The summed E-state index contributed by atoms with van der Waals surface area (Å²) in [6.07, 6.45) is 0. The largest absolute Gasteiger partial charge is 0.507 e. The molecule has 2 aromatic rings. The van der Waals surface area contributed by atoms with Crippen molar-refractivity contribution in [2.24, 2.45) is 0 Å². The van der Waals surface area contributed by atoms with E-state index in [-0.39, 0.29) is 33.6 Å². The Morgan fingerprint density at radius 2 is 1.48 bits per heavy atom. The van der Waals surface area contributed by atoms with Crippen molar-refractivity contribution in [1.29, 1.82) is 0 Å². The van der Waals surface area contributed by atoms with Gasteiger partial charge in [-0.1, -0.05) is 12.1 Å². The zero-order chi connectivity index (χ0) is 15.3. The summed E-state index contributed by atoms with van der Waals surface area (Å²) in [4.78, 5) is 35.7. The monoisotopic (exact) mass is 284 g/mol. The van der Waals surface area contributed by atoms with E-state index in [1.165, 1.54) is 18.2 Å². The zero-order valence-corrected chi connectivity index (χ0v) is 10.5. The smallest absolute Gasteiger partial charge is 0.335 e. The number of fused-ring (bicyclic) bond motifs is 2. The summed E-state index contributed by atoms with van der Waals surface area (Å²) in [6.45, 7) is 0. The molecular weight excluding hydrogens is 276 g/mol. The van der Waals surface area contributed by atoms with Gasteiger partial charge in [-0.05, 0) is 18.2 Å². The lowest BCUT2D eigenvalue weighted by atomic mass is 9.82. The van der Waals surface area contributed by atoms with Crippen LogP contribution in [0.15, 0.2) is 30.3 Å². The number of aromatic carboxylic acids is 1. The third-order valence-electron chi connectivity index (χ3n) is 3.35. The number of rotatable bonds is 1. The second kappa shape index (κ2) is 4.17. The highest BCUT2D eigenvalue weighted by Gasteiger charge is 2.34. The quantitative estimate of drug-likeness (QED) is 0.625. The third kappa shape index (κ3) is 1.69. The van der Waals surface area contributed by atoms with Gasteiger partial charge in [-0.25, -0.2) is 4.79 Å². The number of phenols is 2. The first-order valence-electron chi connectivity index (χ1n) is 5.93. The Morgan fingerprint density at radius 1 is 0.857 bits per heavy atom. The molecule has 6 heteroatoms. The number of hydrogen-bond donors (Lipinski definition) is 3. The Kier molecular flexibility index (Phi) is 2.56. The maximum atomic E-state index is 12.4. The van der Waals surface area contributed by atoms with Gasteiger partial charge >= 0.3 is 5.97 Å². The van der Waals surface area contributed by atoms with Crippen LogP contribution in [-0.2, 0) is 0 Å². The predicted octanol–water partition coefficient (Wildman–Crippen LogP) is 1.57. The molecule has 0 saturated carbocycles. The summed E-state index contributed by atoms with van der Waals surface area (Å²) in [5, 5.41) is 28.6. The van der Waals surface area contributed by atoms with Gasteiger partial charge in [0.1, 0.15) is 11.5 Å². The average molecular weight is 284 g/mol. The number of carboxylic acids is 1. The van der Waals surface area contributed by atoms with E-state index in [4.69, 9.17) is 5.11 Å². The molecule has 0 unspecified atom stereocenters. The van der Waals surface area contributed by atoms with Gasteiger partial charge in [0.05, 0.1) is 16.7 Å². The molecule has 3 N–H and O–H groups in total. The lowest BCUT2D eigenvalue weighted by Crippen LogP contribution is -2.22. The first-order chi connectivity index (χ1) is 9.91. The summed E-state index contributed by atoms with van der Waals surface area (Å²) in [6, 6.07) is 5.97. The molecule has 0 fully saturated rings. The standard InChI is InChI=1S/C15H8O6/c16-9-3-1-2-7-11(9)14(19)8-4-6(15(20)21)5-10(17)12(8)13(7)18/h1-5,16-17H,(H,20,21). The Balaban J connectivity index is 2.36. The number of carbonyl (C=O) groups is 3. The summed E-state index contributed by atoms with van der Waals surface area (Å²) in [5.41, 5.74) is -0.997. The number of carbonyl (C=O) groups excluding carboxylic acids is 2. The topological polar surface area (TPSA) is 112 Å². The molecule has 3 rings (SSSR count). The number of aromatic hydroxyl groups is 2.